The Morgan fingerprint density at radius 1 is 1.08 bits per heavy atom. The fourth-order valence-electron chi connectivity index (χ4n) is 2.40. The van der Waals surface area contributed by atoms with Gasteiger partial charge < -0.3 is 15.8 Å². The monoisotopic (exact) mass is 400 g/mol. The van der Waals surface area contributed by atoms with Crippen LogP contribution < -0.4 is 11.1 Å². The fraction of sp³-hybridized carbons (Fsp3) is 0.588. The van der Waals surface area contributed by atoms with Crippen LogP contribution in [0.15, 0.2) is 30.3 Å². The highest BCUT2D eigenvalue weighted by Crippen LogP contribution is 2.37. The zero-order valence-corrected chi connectivity index (χ0v) is 14.2. The molecular weight excluding hydrogens is 376 g/mol. The summed E-state index contributed by atoms with van der Waals surface area (Å²) >= 11 is 0. The first kappa shape index (κ1) is 24.5. The minimum absolute atomic E-state index is 0. The van der Waals surface area contributed by atoms with Crippen LogP contribution in [0.5, 0.6) is 0 Å². The van der Waals surface area contributed by atoms with Gasteiger partial charge in [-0.05, 0) is 5.56 Å². The van der Waals surface area contributed by atoms with Gasteiger partial charge in [0.2, 0.25) is 0 Å². The third kappa shape index (κ3) is 8.23. The van der Waals surface area contributed by atoms with Gasteiger partial charge in [0.1, 0.15) is 6.61 Å². The minimum Gasteiger partial charge on any atom is -0.445 e. The molecule has 0 bridgehead atoms. The van der Waals surface area contributed by atoms with Crippen molar-refractivity contribution >= 4 is 18.5 Å². The molecule has 4 nitrogen and oxygen atoms in total. The molecule has 2 aliphatic rings. The Labute approximate surface area is 156 Å². The van der Waals surface area contributed by atoms with Gasteiger partial charge in [0.25, 0.3) is 11.8 Å². The molecule has 0 aliphatic heterocycles. The van der Waals surface area contributed by atoms with Crippen molar-refractivity contribution in [3.63, 3.8) is 0 Å². The average molecular weight is 401 g/mol. The number of amides is 1. The summed E-state index contributed by atoms with van der Waals surface area (Å²) in [6.07, 6.45) is -1.48. The van der Waals surface area contributed by atoms with Crippen molar-refractivity contribution in [2.45, 2.75) is 63.6 Å². The second kappa shape index (κ2) is 9.97. The number of nitrogens with one attached hydrogen (secondary N) is 1. The SMILES string of the molecule is C.Cl.NC1CC(F)(F)C1.O=C(NC1CC(F)(F)C1)OCc1ccccc1. The van der Waals surface area contributed by atoms with Crippen molar-refractivity contribution in [2.75, 3.05) is 0 Å². The number of carbonyl (C=O) groups is 1. The highest BCUT2D eigenvalue weighted by molar-refractivity contribution is 5.85. The summed E-state index contributed by atoms with van der Waals surface area (Å²) in [6, 6.07) is 8.48. The van der Waals surface area contributed by atoms with E-state index in [1.807, 2.05) is 30.3 Å². The summed E-state index contributed by atoms with van der Waals surface area (Å²) in [5.74, 6) is -5.06. The lowest BCUT2D eigenvalue weighted by Gasteiger charge is -2.34. The van der Waals surface area contributed by atoms with Crippen LogP contribution >= 0.6 is 12.4 Å². The lowest BCUT2D eigenvalue weighted by Crippen LogP contribution is -2.50. The molecule has 2 saturated carbocycles. The summed E-state index contributed by atoms with van der Waals surface area (Å²) in [5, 5.41) is 2.40. The quantitative estimate of drug-likeness (QED) is 0.733. The molecule has 9 heteroatoms. The molecule has 26 heavy (non-hydrogen) atoms. The standard InChI is InChI=1S/C12H13F2NO2.C4H7F2N.CH4.ClH/c13-12(14)6-10(7-12)15-11(16)17-8-9-4-2-1-3-5-9;5-4(6)1-3(7)2-4;;/h1-5,10H,6-8H2,(H,15,16);3H,1-2,7H2;1H4;1H. The number of carbonyl (C=O) groups excluding carboxylic acids is 1. The predicted octanol–water partition coefficient (Wildman–Crippen LogP) is 4.51. The fourth-order valence-corrected chi connectivity index (χ4v) is 2.40. The molecule has 0 aromatic heterocycles. The normalized spacial score (nSPS) is 19.9. The second-order valence-electron chi connectivity index (χ2n) is 6.19. The van der Waals surface area contributed by atoms with Crippen LogP contribution in [0.2, 0.25) is 0 Å². The number of alkyl halides is 4. The molecule has 1 aromatic rings. The number of nitrogens with two attached hydrogens (primary N) is 1. The van der Waals surface area contributed by atoms with Crippen LogP contribution in [-0.2, 0) is 11.3 Å². The van der Waals surface area contributed by atoms with E-state index in [1.165, 1.54) is 0 Å². The summed E-state index contributed by atoms with van der Waals surface area (Å²) in [4.78, 5) is 11.3. The Balaban J connectivity index is 0.000000592. The van der Waals surface area contributed by atoms with Gasteiger partial charge in [0.15, 0.2) is 0 Å². The number of hydrogen-bond acceptors (Lipinski definition) is 3. The topological polar surface area (TPSA) is 64.4 Å². The molecule has 0 heterocycles. The number of halogens is 5. The zero-order valence-electron chi connectivity index (χ0n) is 13.4. The molecule has 0 radical (unpaired) electrons. The lowest BCUT2D eigenvalue weighted by molar-refractivity contribution is -0.0913. The van der Waals surface area contributed by atoms with E-state index in [0.717, 1.165) is 5.56 Å². The summed E-state index contributed by atoms with van der Waals surface area (Å²) in [6.45, 7) is 0.149. The van der Waals surface area contributed by atoms with Crippen molar-refractivity contribution in [3.8, 4) is 0 Å². The molecule has 0 saturated heterocycles. The Morgan fingerprint density at radius 3 is 1.96 bits per heavy atom. The Bertz CT molecular complexity index is 545. The van der Waals surface area contributed by atoms with Gasteiger partial charge in [-0.25, -0.2) is 22.4 Å². The lowest BCUT2D eigenvalue weighted by atomic mass is 9.88. The average Bonchev–Trinajstić information content (AvgIpc) is 2.43. The third-order valence-corrected chi connectivity index (χ3v) is 3.75. The number of hydrogen-bond donors (Lipinski definition) is 2. The first-order chi connectivity index (χ1) is 11.2. The third-order valence-electron chi connectivity index (χ3n) is 3.75. The zero-order chi connectivity index (χ0) is 17.8. The van der Waals surface area contributed by atoms with E-state index in [-0.39, 0.29) is 58.2 Å². The van der Waals surface area contributed by atoms with Crippen LogP contribution in [0.3, 0.4) is 0 Å². The molecule has 3 rings (SSSR count). The highest BCUT2D eigenvalue weighted by atomic mass is 35.5. The van der Waals surface area contributed by atoms with Crippen LogP contribution in [0.1, 0.15) is 38.7 Å². The van der Waals surface area contributed by atoms with Gasteiger partial charge in [0.05, 0.1) is 0 Å². The van der Waals surface area contributed by atoms with Crippen LogP contribution in [0.25, 0.3) is 0 Å². The number of ether oxygens (including phenoxy) is 1. The van der Waals surface area contributed by atoms with Crippen LogP contribution in [0.4, 0.5) is 22.4 Å². The maximum atomic E-state index is 12.5. The molecule has 0 atom stereocenters. The second-order valence-corrected chi connectivity index (χ2v) is 6.19. The molecular formula is C17H25ClF4N2O2. The molecule has 2 aliphatic carbocycles. The molecule has 0 unspecified atom stereocenters. The van der Waals surface area contributed by atoms with E-state index in [0.29, 0.717) is 0 Å². The summed E-state index contributed by atoms with van der Waals surface area (Å²) in [5.41, 5.74) is 5.94. The maximum absolute atomic E-state index is 12.5. The molecule has 1 aromatic carbocycles. The molecule has 3 N–H and O–H groups in total. The van der Waals surface area contributed by atoms with E-state index in [2.05, 4.69) is 5.32 Å². The molecule has 2 fully saturated rings. The maximum Gasteiger partial charge on any atom is 0.407 e. The van der Waals surface area contributed by atoms with E-state index >= 15 is 0 Å². The van der Waals surface area contributed by atoms with Gasteiger partial charge >= 0.3 is 6.09 Å². The first-order valence-electron chi connectivity index (χ1n) is 7.64. The van der Waals surface area contributed by atoms with Gasteiger partial charge in [-0.3, -0.25) is 0 Å². The van der Waals surface area contributed by atoms with Crippen LogP contribution in [-0.4, -0.2) is 30.0 Å². The van der Waals surface area contributed by atoms with Crippen molar-refractivity contribution < 1.29 is 27.1 Å². The predicted molar refractivity (Wildman–Crippen MR) is 93.9 cm³/mol. The van der Waals surface area contributed by atoms with Crippen LogP contribution in [0, 0.1) is 0 Å². The van der Waals surface area contributed by atoms with Gasteiger partial charge in [-0.1, -0.05) is 37.8 Å². The highest BCUT2D eigenvalue weighted by Gasteiger charge is 2.46. The van der Waals surface area contributed by atoms with Gasteiger partial charge in [-0.2, -0.15) is 0 Å². The smallest absolute Gasteiger partial charge is 0.407 e. The number of benzene rings is 1. The minimum atomic E-state index is -2.63. The van der Waals surface area contributed by atoms with Gasteiger partial charge in [0, 0.05) is 37.8 Å². The van der Waals surface area contributed by atoms with Crippen molar-refractivity contribution in [3.05, 3.63) is 35.9 Å². The van der Waals surface area contributed by atoms with Crippen molar-refractivity contribution in [1.82, 2.24) is 5.32 Å². The largest absolute Gasteiger partial charge is 0.445 e. The van der Waals surface area contributed by atoms with Gasteiger partial charge in [-0.15, -0.1) is 12.4 Å². The Morgan fingerprint density at radius 2 is 1.58 bits per heavy atom. The first-order valence-corrected chi connectivity index (χ1v) is 7.64. The van der Waals surface area contributed by atoms with E-state index in [1.54, 1.807) is 0 Å². The van der Waals surface area contributed by atoms with E-state index in [9.17, 15) is 22.4 Å². The molecule has 0 spiro atoms. The van der Waals surface area contributed by atoms with E-state index in [4.69, 9.17) is 10.5 Å². The number of rotatable bonds is 3. The number of alkyl carbamates (subject to hydrolysis) is 1. The molecule has 1 amide bonds. The van der Waals surface area contributed by atoms with Crippen molar-refractivity contribution in [1.29, 1.82) is 0 Å². The summed E-state index contributed by atoms with van der Waals surface area (Å²) < 4.78 is 53.3. The Kier molecular flexibility index (Phi) is 9.38. The van der Waals surface area contributed by atoms with Crippen molar-refractivity contribution in [2.24, 2.45) is 5.73 Å². The van der Waals surface area contributed by atoms with E-state index < -0.39 is 24.0 Å². The molecule has 150 valence electrons. The Hall–Kier alpha value is -1.54. The summed E-state index contributed by atoms with van der Waals surface area (Å²) in [7, 11) is 0.